The lowest BCUT2D eigenvalue weighted by Crippen LogP contribution is -2.49. The van der Waals surface area contributed by atoms with Crippen molar-refractivity contribution in [1.29, 1.82) is 0 Å². The third kappa shape index (κ3) is 4.98. The highest BCUT2D eigenvalue weighted by Gasteiger charge is 2.27. The normalized spacial score (nSPS) is 15.3. The highest BCUT2D eigenvalue weighted by molar-refractivity contribution is 5.84. The van der Waals surface area contributed by atoms with E-state index in [1.807, 2.05) is 59.2 Å². The molecule has 27 heavy (non-hydrogen) atoms. The van der Waals surface area contributed by atoms with Crippen LogP contribution < -0.4 is 4.74 Å². The second-order valence-corrected chi connectivity index (χ2v) is 6.87. The Morgan fingerprint density at radius 2 is 1.85 bits per heavy atom. The molecule has 0 spiro atoms. The zero-order chi connectivity index (χ0) is 19.2. The van der Waals surface area contributed by atoms with E-state index in [0.29, 0.717) is 25.4 Å². The Morgan fingerprint density at radius 3 is 2.52 bits per heavy atom. The zero-order valence-electron chi connectivity index (χ0n) is 15.6. The van der Waals surface area contributed by atoms with Crippen molar-refractivity contribution < 1.29 is 19.4 Å². The summed E-state index contributed by atoms with van der Waals surface area (Å²) in [6.07, 6.45) is 1.59. The number of fused-ring (bicyclic) bond motifs is 1. The summed E-state index contributed by atoms with van der Waals surface area (Å²) in [4.78, 5) is 27.2. The van der Waals surface area contributed by atoms with Crippen LogP contribution in [0.4, 0.5) is 0 Å². The largest absolute Gasteiger partial charge is 0.484 e. The molecule has 0 aliphatic carbocycles. The number of likely N-dealkylation sites (tertiary alicyclic amines) is 1. The predicted molar refractivity (Wildman–Crippen MR) is 104 cm³/mol. The molecule has 1 N–H and O–H groups in total. The van der Waals surface area contributed by atoms with Crippen LogP contribution in [0.3, 0.4) is 0 Å². The molecule has 1 amide bonds. The van der Waals surface area contributed by atoms with Gasteiger partial charge < -0.3 is 14.7 Å². The van der Waals surface area contributed by atoms with Crippen LogP contribution in [0.5, 0.6) is 5.75 Å². The van der Waals surface area contributed by atoms with Crippen molar-refractivity contribution in [2.45, 2.75) is 25.8 Å². The Bertz CT molecular complexity index is 800. The molecule has 3 rings (SSSR count). The molecular formula is C21H26N2O4. The van der Waals surface area contributed by atoms with Crippen molar-refractivity contribution in [3.8, 4) is 5.75 Å². The van der Waals surface area contributed by atoms with Crippen LogP contribution in [0.2, 0.25) is 0 Å². The maximum Gasteiger partial charge on any atom is 0.317 e. The standard InChI is InChI=1S/C21H26N2O4/c1-2-22(14-21(25)26)18-9-11-23(12-10-18)20(24)15-27-19-8-7-16-5-3-4-6-17(16)13-19/h3-8,13,18H,2,9-12,14-15H2,1H3,(H,25,26). The van der Waals surface area contributed by atoms with Crippen LogP contribution in [0.25, 0.3) is 10.8 Å². The number of amides is 1. The second-order valence-electron chi connectivity index (χ2n) is 6.87. The second kappa shape index (κ2) is 8.86. The molecule has 1 saturated heterocycles. The van der Waals surface area contributed by atoms with Gasteiger partial charge in [-0.2, -0.15) is 0 Å². The Balaban J connectivity index is 1.49. The van der Waals surface area contributed by atoms with Gasteiger partial charge in [0.05, 0.1) is 6.54 Å². The summed E-state index contributed by atoms with van der Waals surface area (Å²) in [5, 5.41) is 11.2. The van der Waals surface area contributed by atoms with Crippen molar-refractivity contribution in [1.82, 2.24) is 9.80 Å². The average Bonchev–Trinajstić information content (AvgIpc) is 2.70. The van der Waals surface area contributed by atoms with Crippen LogP contribution in [-0.2, 0) is 9.59 Å². The quantitative estimate of drug-likeness (QED) is 0.811. The first-order valence-corrected chi connectivity index (χ1v) is 9.42. The number of carbonyl (C=O) groups is 2. The monoisotopic (exact) mass is 370 g/mol. The van der Waals surface area contributed by atoms with Crippen molar-refractivity contribution >= 4 is 22.6 Å². The number of carboxylic acid groups (broad SMARTS) is 1. The van der Waals surface area contributed by atoms with E-state index in [-0.39, 0.29) is 25.1 Å². The van der Waals surface area contributed by atoms with Gasteiger partial charge >= 0.3 is 5.97 Å². The summed E-state index contributed by atoms with van der Waals surface area (Å²) >= 11 is 0. The fourth-order valence-corrected chi connectivity index (χ4v) is 3.65. The number of piperidine rings is 1. The average molecular weight is 370 g/mol. The van der Waals surface area contributed by atoms with Gasteiger partial charge in [0, 0.05) is 19.1 Å². The molecule has 0 saturated carbocycles. The van der Waals surface area contributed by atoms with E-state index in [2.05, 4.69) is 0 Å². The molecule has 0 radical (unpaired) electrons. The lowest BCUT2D eigenvalue weighted by atomic mass is 10.0. The van der Waals surface area contributed by atoms with E-state index in [9.17, 15) is 9.59 Å². The van der Waals surface area contributed by atoms with E-state index in [0.717, 1.165) is 23.6 Å². The fraction of sp³-hybridized carbons (Fsp3) is 0.429. The molecule has 144 valence electrons. The predicted octanol–water partition coefficient (Wildman–Crippen LogP) is 2.62. The summed E-state index contributed by atoms with van der Waals surface area (Å²) in [6, 6.07) is 14.1. The van der Waals surface area contributed by atoms with Gasteiger partial charge in [-0.25, -0.2) is 0 Å². The molecule has 0 atom stereocenters. The van der Waals surface area contributed by atoms with Gasteiger partial charge in [0.1, 0.15) is 5.75 Å². The van der Waals surface area contributed by atoms with Gasteiger partial charge in [0.2, 0.25) is 0 Å². The first-order valence-electron chi connectivity index (χ1n) is 9.42. The molecule has 1 aliphatic rings. The van der Waals surface area contributed by atoms with Crippen LogP contribution >= 0.6 is 0 Å². The van der Waals surface area contributed by atoms with Crippen LogP contribution in [0.1, 0.15) is 19.8 Å². The Morgan fingerprint density at radius 1 is 1.15 bits per heavy atom. The number of hydrogen-bond donors (Lipinski definition) is 1. The molecular weight excluding hydrogens is 344 g/mol. The number of rotatable bonds is 7. The molecule has 2 aromatic rings. The summed E-state index contributed by atoms with van der Waals surface area (Å²) < 4.78 is 5.70. The van der Waals surface area contributed by atoms with Crippen molar-refractivity contribution in [2.75, 3.05) is 32.8 Å². The molecule has 0 aromatic heterocycles. The molecule has 1 aliphatic heterocycles. The maximum absolute atomic E-state index is 12.5. The van der Waals surface area contributed by atoms with Crippen LogP contribution in [0, 0.1) is 0 Å². The Hall–Kier alpha value is -2.60. The summed E-state index contributed by atoms with van der Waals surface area (Å²) in [6.45, 7) is 4.03. The van der Waals surface area contributed by atoms with E-state index >= 15 is 0 Å². The first kappa shape index (κ1) is 19.2. The number of ether oxygens (including phenoxy) is 1. The summed E-state index contributed by atoms with van der Waals surface area (Å²) in [7, 11) is 0. The Labute approximate surface area is 159 Å². The summed E-state index contributed by atoms with van der Waals surface area (Å²) in [5.41, 5.74) is 0. The minimum Gasteiger partial charge on any atom is -0.484 e. The first-order chi connectivity index (χ1) is 13.1. The number of aliphatic carboxylic acids is 1. The fourth-order valence-electron chi connectivity index (χ4n) is 3.65. The number of carboxylic acids is 1. The lowest BCUT2D eigenvalue weighted by Gasteiger charge is -2.37. The van der Waals surface area contributed by atoms with Crippen LogP contribution in [0.15, 0.2) is 42.5 Å². The van der Waals surface area contributed by atoms with E-state index in [1.54, 1.807) is 0 Å². The Kier molecular flexibility index (Phi) is 6.29. The van der Waals surface area contributed by atoms with Gasteiger partial charge in [-0.3, -0.25) is 14.5 Å². The summed E-state index contributed by atoms with van der Waals surface area (Å²) in [5.74, 6) is -0.141. The van der Waals surface area contributed by atoms with Gasteiger partial charge in [0.25, 0.3) is 5.91 Å². The molecule has 0 unspecified atom stereocenters. The van der Waals surface area contributed by atoms with Crippen LogP contribution in [-0.4, -0.2) is 65.6 Å². The number of likely N-dealkylation sites (N-methyl/N-ethyl adjacent to an activating group) is 1. The minimum atomic E-state index is -0.806. The van der Waals surface area contributed by atoms with Crippen molar-refractivity contribution in [2.24, 2.45) is 0 Å². The van der Waals surface area contributed by atoms with Crippen molar-refractivity contribution in [3.05, 3.63) is 42.5 Å². The highest BCUT2D eigenvalue weighted by atomic mass is 16.5. The third-order valence-electron chi connectivity index (χ3n) is 5.16. The number of nitrogens with zero attached hydrogens (tertiary/aromatic N) is 2. The SMILES string of the molecule is CCN(CC(=O)O)C1CCN(C(=O)COc2ccc3ccccc3c2)CC1. The third-order valence-corrected chi connectivity index (χ3v) is 5.16. The van der Waals surface area contributed by atoms with Gasteiger partial charge in [0.15, 0.2) is 6.61 Å². The van der Waals surface area contributed by atoms with E-state index in [4.69, 9.17) is 9.84 Å². The minimum absolute atomic E-state index is 0.0234. The lowest BCUT2D eigenvalue weighted by molar-refractivity contribution is -0.140. The smallest absolute Gasteiger partial charge is 0.317 e. The topological polar surface area (TPSA) is 70.1 Å². The molecule has 6 heteroatoms. The number of hydrogen-bond acceptors (Lipinski definition) is 4. The maximum atomic E-state index is 12.5. The van der Waals surface area contributed by atoms with E-state index in [1.165, 1.54) is 0 Å². The molecule has 1 heterocycles. The molecule has 0 bridgehead atoms. The highest BCUT2D eigenvalue weighted by Crippen LogP contribution is 2.21. The van der Waals surface area contributed by atoms with Gasteiger partial charge in [-0.15, -0.1) is 0 Å². The molecule has 2 aromatic carbocycles. The van der Waals surface area contributed by atoms with E-state index < -0.39 is 5.97 Å². The van der Waals surface area contributed by atoms with Gasteiger partial charge in [-0.05, 0) is 42.3 Å². The van der Waals surface area contributed by atoms with Gasteiger partial charge in [-0.1, -0.05) is 37.3 Å². The van der Waals surface area contributed by atoms with Crippen molar-refractivity contribution in [3.63, 3.8) is 0 Å². The molecule has 6 nitrogen and oxygen atoms in total. The molecule has 1 fully saturated rings. The number of benzene rings is 2. The zero-order valence-corrected chi connectivity index (χ0v) is 15.6. The number of carbonyl (C=O) groups excluding carboxylic acids is 1.